The summed E-state index contributed by atoms with van der Waals surface area (Å²) < 4.78 is 0. The van der Waals surface area contributed by atoms with Gasteiger partial charge in [-0.25, -0.2) is 0 Å². The predicted octanol–water partition coefficient (Wildman–Crippen LogP) is 2.86. The Balaban J connectivity index is 2.67. The van der Waals surface area contributed by atoms with Gasteiger partial charge in [0.05, 0.1) is 5.92 Å². The number of benzene rings is 1. The van der Waals surface area contributed by atoms with Crippen LogP contribution < -0.4 is 5.32 Å². The number of carboxylic acid groups (broad SMARTS) is 1. The molecule has 1 rings (SSSR count). The molecule has 1 aromatic rings. The standard InChI is InChI=1S/C13H17NO2/c1-9(2)8-14-12-6-4-11(5-7-12)10(3)13(15)16/h4-7,10,14H,1,8H2,2-3H3,(H,15,16)/t10-/m0/s1. The molecule has 3 heteroatoms. The van der Waals surface area contributed by atoms with Crippen LogP contribution in [0.5, 0.6) is 0 Å². The van der Waals surface area contributed by atoms with Crippen LogP contribution in [0.4, 0.5) is 5.69 Å². The van der Waals surface area contributed by atoms with E-state index in [-0.39, 0.29) is 0 Å². The van der Waals surface area contributed by atoms with E-state index in [2.05, 4.69) is 11.9 Å². The zero-order valence-corrected chi connectivity index (χ0v) is 9.66. The van der Waals surface area contributed by atoms with E-state index in [1.165, 1.54) is 0 Å². The summed E-state index contributed by atoms with van der Waals surface area (Å²) >= 11 is 0. The van der Waals surface area contributed by atoms with Crippen LogP contribution in [-0.4, -0.2) is 17.6 Å². The largest absolute Gasteiger partial charge is 0.481 e. The van der Waals surface area contributed by atoms with Gasteiger partial charge < -0.3 is 10.4 Å². The number of aliphatic carboxylic acids is 1. The van der Waals surface area contributed by atoms with Crippen LogP contribution in [0.25, 0.3) is 0 Å². The number of hydrogen-bond donors (Lipinski definition) is 2. The number of anilines is 1. The second-order valence-electron chi connectivity index (χ2n) is 3.99. The van der Waals surface area contributed by atoms with Crippen molar-refractivity contribution in [1.29, 1.82) is 0 Å². The van der Waals surface area contributed by atoms with Crippen molar-refractivity contribution in [3.63, 3.8) is 0 Å². The normalized spacial score (nSPS) is 11.9. The molecule has 1 atom stereocenters. The SMILES string of the molecule is C=C(C)CNc1ccc([C@H](C)C(=O)O)cc1. The number of carbonyl (C=O) groups is 1. The van der Waals surface area contributed by atoms with Gasteiger partial charge in [0.25, 0.3) is 0 Å². The van der Waals surface area contributed by atoms with E-state index in [9.17, 15) is 4.79 Å². The lowest BCUT2D eigenvalue weighted by Crippen LogP contribution is -2.07. The topological polar surface area (TPSA) is 49.3 Å². The van der Waals surface area contributed by atoms with Crippen molar-refractivity contribution in [2.24, 2.45) is 0 Å². The first-order valence-electron chi connectivity index (χ1n) is 5.21. The Morgan fingerprint density at radius 3 is 2.44 bits per heavy atom. The van der Waals surface area contributed by atoms with Gasteiger partial charge in [-0.15, -0.1) is 0 Å². The highest BCUT2D eigenvalue weighted by atomic mass is 16.4. The zero-order chi connectivity index (χ0) is 12.1. The highest BCUT2D eigenvalue weighted by Crippen LogP contribution is 2.18. The molecule has 0 fully saturated rings. The van der Waals surface area contributed by atoms with Crippen LogP contribution >= 0.6 is 0 Å². The summed E-state index contributed by atoms with van der Waals surface area (Å²) in [5.41, 5.74) is 2.85. The minimum atomic E-state index is -0.803. The molecule has 0 heterocycles. The Labute approximate surface area is 95.8 Å². The maximum Gasteiger partial charge on any atom is 0.310 e. The van der Waals surface area contributed by atoms with Crippen LogP contribution in [0.2, 0.25) is 0 Å². The molecule has 1 aromatic carbocycles. The Kier molecular flexibility index (Phi) is 4.11. The van der Waals surface area contributed by atoms with Crippen molar-refractivity contribution in [2.75, 3.05) is 11.9 Å². The van der Waals surface area contributed by atoms with Gasteiger partial charge in [-0.2, -0.15) is 0 Å². The van der Waals surface area contributed by atoms with Crippen molar-refractivity contribution in [3.05, 3.63) is 42.0 Å². The summed E-state index contributed by atoms with van der Waals surface area (Å²) in [7, 11) is 0. The molecule has 0 aliphatic rings. The van der Waals surface area contributed by atoms with E-state index >= 15 is 0 Å². The maximum atomic E-state index is 10.8. The highest BCUT2D eigenvalue weighted by molar-refractivity contribution is 5.75. The van der Waals surface area contributed by atoms with Gasteiger partial charge >= 0.3 is 5.97 Å². The lowest BCUT2D eigenvalue weighted by molar-refractivity contribution is -0.138. The van der Waals surface area contributed by atoms with Gasteiger partial charge in [0.15, 0.2) is 0 Å². The average Bonchev–Trinajstić information content (AvgIpc) is 2.26. The van der Waals surface area contributed by atoms with Crippen molar-refractivity contribution >= 4 is 11.7 Å². The number of carboxylic acids is 1. The van der Waals surface area contributed by atoms with Crippen molar-refractivity contribution in [2.45, 2.75) is 19.8 Å². The molecule has 0 aliphatic carbocycles. The minimum Gasteiger partial charge on any atom is -0.481 e. The molecule has 0 unspecified atom stereocenters. The zero-order valence-electron chi connectivity index (χ0n) is 9.66. The molecule has 3 nitrogen and oxygen atoms in total. The third-order valence-corrected chi connectivity index (χ3v) is 2.38. The first kappa shape index (κ1) is 12.3. The Bertz CT molecular complexity index is 381. The second kappa shape index (κ2) is 5.35. The predicted molar refractivity (Wildman–Crippen MR) is 65.8 cm³/mol. The molecule has 2 N–H and O–H groups in total. The Hall–Kier alpha value is -1.77. The van der Waals surface area contributed by atoms with Gasteiger partial charge in [-0.3, -0.25) is 4.79 Å². The summed E-state index contributed by atoms with van der Waals surface area (Å²) in [6, 6.07) is 7.44. The number of hydrogen-bond acceptors (Lipinski definition) is 2. The molecule has 0 aliphatic heterocycles. The minimum absolute atomic E-state index is 0.463. The molecule has 86 valence electrons. The third-order valence-electron chi connectivity index (χ3n) is 2.38. The van der Waals surface area contributed by atoms with Crippen molar-refractivity contribution in [3.8, 4) is 0 Å². The number of nitrogens with one attached hydrogen (secondary N) is 1. The van der Waals surface area contributed by atoms with Crippen LogP contribution in [-0.2, 0) is 4.79 Å². The number of rotatable bonds is 5. The molecule has 0 radical (unpaired) electrons. The Morgan fingerprint density at radius 2 is 2.00 bits per heavy atom. The van der Waals surface area contributed by atoms with Crippen molar-refractivity contribution in [1.82, 2.24) is 0 Å². The summed E-state index contributed by atoms with van der Waals surface area (Å²) in [5.74, 6) is -1.27. The first-order valence-corrected chi connectivity index (χ1v) is 5.21. The molecule has 0 spiro atoms. The molecule has 0 bridgehead atoms. The van der Waals surface area contributed by atoms with E-state index in [1.54, 1.807) is 6.92 Å². The quantitative estimate of drug-likeness (QED) is 0.749. The van der Waals surface area contributed by atoms with Crippen LogP contribution in [0.3, 0.4) is 0 Å². The van der Waals surface area contributed by atoms with Crippen LogP contribution in [0.15, 0.2) is 36.4 Å². The molecule has 0 aromatic heterocycles. The lowest BCUT2D eigenvalue weighted by atomic mass is 10.0. The van der Waals surface area contributed by atoms with Gasteiger partial charge in [0, 0.05) is 12.2 Å². The fourth-order valence-electron chi connectivity index (χ4n) is 1.29. The van der Waals surface area contributed by atoms with Crippen LogP contribution in [0.1, 0.15) is 25.3 Å². The summed E-state index contributed by atoms with van der Waals surface area (Å²) in [6.07, 6.45) is 0. The lowest BCUT2D eigenvalue weighted by Gasteiger charge is -2.09. The fraction of sp³-hybridized carbons (Fsp3) is 0.308. The van der Waals surface area contributed by atoms with Gasteiger partial charge in [-0.05, 0) is 31.5 Å². The smallest absolute Gasteiger partial charge is 0.310 e. The maximum absolute atomic E-state index is 10.8. The summed E-state index contributed by atoms with van der Waals surface area (Å²) in [6.45, 7) is 8.16. The van der Waals surface area contributed by atoms with E-state index in [0.29, 0.717) is 0 Å². The van der Waals surface area contributed by atoms with Gasteiger partial charge in [0.2, 0.25) is 0 Å². The molecule has 0 saturated carbocycles. The van der Waals surface area contributed by atoms with E-state index < -0.39 is 11.9 Å². The summed E-state index contributed by atoms with van der Waals surface area (Å²) in [5, 5.41) is 12.0. The first-order chi connectivity index (χ1) is 7.50. The van der Waals surface area contributed by atoms with Crippen LogP contribution in [0, 0.1) is 0 Å². The highest BCUT2D eigenvalue weighted by Gasteiger charge is 2.12. The molecule has 16 heavy (non-hydrogen) atoms. The van der Waals surface area contributed by atoms with Crippen molar-refractivity contribution < 1.29 is 9.90 Å². The molecular formula is C13H17NO2. The summed E-state index contributed by atoms with van der Waals surface area (Å²) in [4.78, 5) is 10.8. The van der Waals surface area contributed by atoms with E-state index in [1.807, 2.05) is 31.2 Å². The molecule has 0 saturated heterocycles. The Morgan fingerprint density at radius 1 is 1.44 bits per heavy atom. The van der Waals surface area contributed by atoms with E-state index in [0.717, 1.165) is 23.4 Å². The fourth-order valence-corrected chi connectivity index (χ4v) is 1.29. The second-order valence-corrected chi connectivity index (χ2v) is 3.99. The van der Waals surface area contributed by atoms with Gasteiger partial charge in [-0.1, -0.05) is 24.3 Å². The monoisotopic (exact) mass is 219 g/mol. The molecule has 0 amide bonds. The third kappa shape index (κ3) is 3.42. The van der Waals surface area contributed by atoms with E-state index in [4.69, 9.17) is 5.11 Å². The van der Waals surface area contributed by atoms with Gasteiger partial charge in [0.1, 0.15) is 0 Å². The average molecular weight is 219 g/mol. The molecular weight excluding hydrogens is 202 g/mol.